The first kappa shape index (κ1) is 15.2. The molecule has 0 amide bonds. The maximum atomic E-state index is 11.6. The van der Waals surface area contributed by atoms with E-state index in [0.717, 1.165) is 18.7 Å². The number of hydrogen-bond acceptors (Lipinski definition) is 4. The lowest BCUT2D eigenvalue weighted by Crippen LogP contribution is -2.34. The van der Waals surface area contributed by atoms with Gasteiger partial charge < -0.3 is 10.6 Å². The molecule has 5 heteroatoms. The van der Waals surface area contributed by atoms with E-state index in [2.05, 4.69) is 11.8 Å². The highest BCUT2D eigenvalue weighted by atomic mass is 32.2. The van der Waals surface area contributed by atoms with Gasteiger partial charge in [0.15, 0.2) is 9.84 Å². The van der Waals surface area contributed by atoms with Crippen molar-refractivity contribution in [3.05, 3.63) is 18.2 Å². The lowest BCUT2D eigenvalue weighted by Gasteiger charge is -2.32. The number of benzene rings is 1. The van der Waals surface area contributed by atoms with Crippen molar-refractivity contribution in [3.8, 4) is 0 Å². The third-order valence-electron chi connectivity index (χ3n) is 4.08. The van der Waals surface area contributed by atoms with Crippen molar-refractivity contribution in [1.82, 2.24) is 0 Å². The van der Waals surface area contributed by atoms with E-state index in [1.54, 1.807) is 12.1 Å². The summed E-state index contributed by atoms with van der Waals surface area (Å²) in [7, 11) is -3.20. The Hall–Kier alpha value is -1.23. The molecule has 1 heterocycles. The highest BCUT2D eigenvalue weighted by Gasteiger charge is 2.22. The van der Waals surface area contributed by atoms with E-state index < -0.39 is 9.84 Å². The minimum atomic E-state index is -3.20. The molecule has 1 aliphatic heterocycles. The van der Waals surface area contributed by atoms with E-state index in [4.69, 9.17) is 5.73 Å². The summed E-state index contributed by atoms with van der Waals surface area (Å²) in [6.07, 6.45) is 7.17. The Morgan fingerprint density at radius 2 is 2.05 bits per heavy atom. The summed E-state index contributed by atoms with van der Waals surface area (Å²) in [6.45, 7) is 3.20. The molecule has 1 atom stereocenters. The number of anilines is 2. The van der Waals surface area contributed by atoms with Crippen LogP contribution in [0.1, 0.15) is 39.0 Å². The van der Waals surface area contributed by atoms with Gasteiger partial charge >= 0.3 is 0 Å². The molecule has 2 rings (SSSR count). The highest BCUT2D eigenvalue weighted by molar-refractivity contribution is 7.90. The van der Waals surface area contributed by atoms with Crippen LogP contribution in [0.25, 0.3) is 0 Å². The van der Waals surface area contributed by atoms with Crippen LogP contribution in [0.2, 0.25) is 0 Å². The van der Waals surface area contributed by atoms with Crippen LogP contribution in [-0.2, 0) is 9.84 Å². The van der Waals surface area contributed by atoms with Crippen LogP contribution in [0.3, 0.4) is 0 Å². The molecule has 0 radical (unpaired) electrons. The van der Waals surface area contributed by atoms with Crippen molar-refractivity contribution in [3.63, 3.8) is 0 Å². The normalized spacial score (nSPS) is 20.7. The van der Waals surface area contributed by atoms with Crippen molar-refractivity contribution in [1.29, 1.82) is 0 Å². The van der Waals surface area contributed by atoms with E-state index in [9.17, 15) is 8.42 Å². The van der Waals surface area contributed by atoms with E-state index >= 15 is 0 Å². The summed E-state index contributed by atoms with van der Waals surface area (Å²) in [4.78, 5) is 2.65. The van der Waals surface area contributed by atoms with Crippen molar-refractivity contribution >= 4 is 21.2 Å². The van der Waals surface area contributed by atoms with Gasteiger partial charge in [-0.1, -0.05) is 19.8 Å². The smallest absolute Gasteiger partial charge is 0.175 e. The fraction of sp³-hybridized carbons (Fsp3) is 0.600. The summed E-state index contributed by atoms with van der Waals surface area (Å²) in [5.41, 5.74) is 7.65. The molecule has 112 valence electrons. The Labute approximate surface area is 121 Å². The zero-order valence-corrected chi connectivity index (χ0v) is 13.1. The molecule has 4 nitrogen and oxygen atoms in total. The van der Waals surface area contributed by atoms with Crippen molar-refractivity contribution in [2.75, 3.05) is 23.4 Å². The van der Waals surface area contributed by atoms with Crippen molar-refractivity contribution < 1.29 is 8.42 Å². The standard InChI is InChI=1S/C15H24N2O2S/c1-3-12-7-5-4-6-10-17(12)15-9-8-13(11-14(15)16)20(2,18)19/h8-9,11-12H,3-7,10,16H2,1-2H3. The molecule has 1 aromatic carbocycles. The van der Waals surface area contributed by atoms with Gasteiger partial charge in [-0.15, -0.1) is 0 Å². The fourth-order valence-corrected chi connectivity index (χ4v) is 3.60. The topological polar surface area (TPSA) is 63.4 Å². The van der Waals surface area contributed by atoms with Crippen LogP contribution in [0, 0.1) is 0 Å². The second kappa shape index (κ2) is 6.04. The zero-order chi connectivity index (χ0) is 14.8. The second-order valence-electron chi connectivity index (χ2n) is 5.60. The molecular weight excluding hydrogens is 272 g/mol. The maximum Gasteiger partial charge on any atom is 0.175 e. The number of nitrogens with zero attached hydrogens (tertiary/aromatic N) is 1. The summed E-state index contributed by atoms with van der Waals surface area (Å²) in [5.74, 6) is 0. The van der Waals surface area contributed by atoms with Gasteiger partial charge in [-0.05, 0) is 37.5 Å². The van der Waals surface area contributed by atoms with Gasteiger partial charge in [0.1, 0.15) is 0 Å². The molecule has 1 aliphatic rings. The third kappa shape index (κ3) is 3.26. The van der Waals surface area contributed by atoms with Crippen LogP contribution in [-0.4, -0.2) is 27.3 Å². The molecule has 1 unspecified atom stereocenters. The Morgan fingerprint density at radius 3 is 2.65 bits per heavy atom. The average molecular weight is 296 g/mol. The molecule has 1 fully saturated rings. The average Bonchev–Trinajstić information content (AvgIpc) is 2.62. The summed E-state index contributed by atoms with van der Waals surface area (Å²) < 4.78 is 23.2. The monoisotopic (exact) mass is 296 g/mol. The first-order valence-electron chi connectivity index (χ1n) is 7.29. The zero-order valence-electron chi connectivity index (χ0n) is 12.3. The number of rotatable bonds is 3. The fourth-order valence-electron chi connectivity index (χ4n) is 2.94. The van der Waals surface area contributed by atoms with Gasteiger partial charge in [0.2, 0.25) is 0 Å². The lowest BCUT2D eigenvalue weighted by atomic mass is 10.1. The molecule has 0 saturated carbocycles. The summed E-state index contributed by atoms with van der Waals surface area (Å²) in [5, 5.41) is 0. The largest absolute Gasteiger partial charge is 0.397 e. The SMILES string of the molecule is CCC1CCCCCN1c1ccc(S(C)(=O)=O)cc1N. The minimum absolute atomic E-state index is 0.293. The lowest BCUT2D eigenvalue weighted by molar-refractivity contribution is 0.556. The number of sulfone groups is 1. The quantitative estimate of drug-likeness (QED) is 0.871. The Kier molecular flexibility index (Phi) is 4.58. The first-order valence-corrected chi connectivity index (χ1v) is 9.19. The van der Waals surface area contributed by atoms with Crippen molar-refractivity contribution in [2.45, 2.75) is 50.0 Å². The molecule has 20 heavy (non-hydrogen) atoms. The Bertz CT molecular complexity index is 569. The van der Waals surface area contributed by atoms with Gasteiger partial charge in [0.05, 0.1) is 16.3 Å². The molecule has 0 aromatic heterocycles. The second-order valence-corrected chi connectivity index (χ2v) is 7.61. The van der Waals surface area contributed by atoms with Crippen LogP contribution in [0.15, 0.2) is 23.1 Å². The van der Waals surface area contributed by atoms with E-state index in [1.165, 1.54) is 31.9 Å². The Balaban J connectivity index is 2.36. The van der Waals surface area contributed by atoms with Crippen LogP contribution in [0.4, 0.5) is 11.4 Å². The minimum Gasteiger partial charge on any atom is -0.397 e. The predicted octanol–water partition coefficient (Wildman–Crippen LogP) is 2.83. The molecule has 1 saturated heterocycles. The van der Waals surface area contributed by atoms with Crippen LogP contribution in [0.5, 0.6) is 0 Å². The van der Waals surface area contributed by atoms with E-state index in [0.29, 0.717) is 16.6 Å². The van der Waals surface area contributed by atoms with Crippen molar-refractivity contribution in [2.24, 2.45) is 0 Å². The summed E-state index contributed by atoms with van der Waals surface area (Å²) >= 11 is 0. The van der Waals surface area contributed by atoms with Gasteiger partial charge in [-0.3, -0.25) is 0 Å². The molecule has 1 aromatic rings. The Morgan fingerprint density at radius 1 is 1.30 bits per heavy atom. The van der Waals surface area contributed by atoms with Crippen LogP contribution < -0.4 is 10.6 Å². The number of hydrogen-bond donors (Lipinski definition) is 1. The summed E-state index contributed by atoms with van der Waals surface area (Å²) in [6, 6.07) is 5.62. The molecule has 2 N–H and O–H groups in total. The first-order chi connectivity index (χ1) is 9.43. The number of nitrogens with two attached hydrogens (primary N) is 1. The molecule has 0 spiro atoms. The third-order valence-corrected chi connectivity index (χ3v) is 5.20. The van der Waals surface area contributed by atoms with Gasteiger partial charge in [0, 0.05) is 18.8 Å². The van der Waals surface area contributed by atoms with Crippen LogP contribution >= 0.6 is 0 Å². The van der Waals surface area contributed by atoms with E-state index in [-0.39, 0.29) is 0 Å². The van der Waals surface area contributed by atoms with Gasteiger partial charge in [-0.2, -0.15) is 0 Å². The molecule has 0 bridgehead atoms. The maximum absolute atomic E-state index is 11.6. The van der Waals surface area contributed by atoms with Gasteiger partial charge in [0.25, 0.3) is 0 Å². The predicted molar refractivity (Wildman–Crippen MR) is 83.9 cm³/mol. The van der Waals surface area contributed by atoms with Gasteiger partial charge in [-0.25, -0.2) is 8.42 Å². The molecular formula is C15H24N2O2S. The number of nitrogen functional groups attached to an aromatic ring is 1. The van der Waals surface area contributed by atoms with E-state index in [1.807, 2.05) is 6.07 Å². The highest BCUT2D eigenvalue weighted by Crippen LogP contribution is 2.31. The molecule has 0 aliphatic carbocycles.